The summed E-state index contributed by atoms with van der Waals surface area (Å²) >= 11 is 10.3. The largest absolute Gasteiger partial charge is 0.496 e. The van der Waals surface area contributed by atoms with E-state index < -0.39 is 0 Å². The van der Waals surface area contributed by atoms with Crippen molar-refractivity contribution < 1.29 is 4.74 Å². The molecule has 112 valence electrons. The van der Waals surface area contributed by atoms with E-state index in [1.54, 1.807) is 7.11 Å². The Hall–Kier alpha value is -0.990. The van der Waals surface area contributed by atoms with Crippen LogP contribution in [0.2, 0.25) is 0 Å². The quantitative estimate of drug-likeness (QED) is 0.597. The summed E-state index contributed by atoms with van der Waals surface area (Å²) in [7, 11) is 1.68. The molecule has 0 amide bonds. The van der Waals surface area contributed by atoms with Crippen LogP contribution < -0.4 is 4.74 Å². The van der Waals surface area contributed by atoms with Crippen molar-refractivity contribution in [3.8, 4) is 5.75 Å². The third kappa shape index (κ3) is 3.61. The molecule has 21 heavy (non-hydrogen) atoms. The molecule has 2 aromatic carbocycles. The second kappa shape index (κ2) is 7.33. The van der Waals surface area contributed by atoms with Crippen molar-refractivity contribution in [3.63, 3.8) is 0 Å². The molecule has 0 saturated carbocycles. The van der Waals surface area contributed by atoms with Gasteiger partial charge < -0.3 is 4.74 Å². The molecule has 0 aliphatic rings. The lowest BCUT2D eigenvalue weighted by atomic mass is 9.94. The molecule has 0 heterocycles. The zero-order valence-electron chi connectivity index (χ0n) is 12.6. The van der Waals surface area contributed by atoms with Crippen LogP contribution in [-0.2, 0) is 12.8 Å². The molecule has 2 aromatic rings. The van der Waals surface area contributed by atoms with E-state index in [1.807, 2.05) is 18.2 Å². The van der Waals surface area contributed by atoms with Crippen LogP contribution in [0, 0.1) is 0 Å². The van der Waals surface area contributed by atoms with Crippen molar-refractivity contribution in [2.75, 3.05) is 7.11 Å². The fraction of sp³-hybridized carbons (Fsp3) is 0.333. The minimum Gasteiger partial charge on any atom is -0.496 e. The van der Waals surface area contributed by atoms with Gasteiger partial charge in [-0.1, -0.05) is 54.0 Å². The summed E-state index contributed by atoms with van der Waals surface area (Å²) in [5.74, 6) is 0.813. The van der Waals surface area contributed by atoms with Crippen molar-refractivity contribution in [3.05, 3.63) is 63.1 Å². The maximum Gasteiger partial charge on any atom is 0.125 e. The second-order valence-corrected chi connectivity index (χ2v) is 6.34. The van der Waals surface area contributed by atoms with Crippen LogP contribution in [-0.4, -0.2) is 7.11 Å². The zero-order valence-corrected chi connectivity index (χ0v) is 15.0. The van der Waals surface area contributed by atoms with Crippen molar-refractivity contribution in [2.45, 2.75) is 32.1 Å². The molecule has 1 atom stereocenters. The lowest BCUT2D eigenvalue weighted by molar-refractivity contribution is 0.410. The van der Waals surface area contributed by atoms with E-state index in [-0.39, 0.29) is 5.38 Å². The van der Waals surface area contributed by atoms with Gasteiger partial charge in [0.1, 0.15) is 5.75 Å². The normalized spacial score (nSPS) is 12.2. The Morgan fingerprint density at radius 1 is 1.05 bits per heavy atom. The van der Waals surface area contributed by atoms with E-state index in [1.165, 1.54) is 16.7 Å². The molecule has 0 radical (unpaired) electrons. The summed E-state index contributed by atoms with van der Waals surface area (Å²) < 4.78 is 6.48. The molecule has 3 heteroatoms. The first-order valence-corrected chi connectivity index (χ1v) is 8.42. The number of alkyl halides is 1. The fourth-order valence-corrected chi connectivity index (χ4v) is 3.21. The highest BCUT2D eigenvalue weighted by atomic mass is 79.9. The Morgan fingerprint density at radius 2 is 1.81 bits per heavy atom. The highest BCUT2D eigenvalue weighted by Gasteiger charge is 2.18. The van der Waals surface area contributed by atoms with E-state index in [2.05, 4.69) is 48.0 Å². The van der Waals surface area contributed by atoms with Crippen molar-refractivity contribution >= 4 is 27.5 Å². The van der Waals surface area contributed by atoms with Crippen LogP contribution in [0.4, 0.5) is 0 Å². The predicted molar refractivity (Wildman–Crippen MR) is 93.6 cm³/mol. The van der Waals surface area contributed by atoms with Crippen molar-refractivity contribution in [1.82, 2.24) is 0 Å². The van der Waals surface area contributed by atoms with Crippen LogP contribution in [0.5, 0.6) is 5.75 Å². The van der Waals surface area contributed by atoms with E-state index >= 15 is 0 Å². The van der Waals surface area contributed by atoms with Gasteiger partial charge in [0, 0.05) is 10.0 Å². The number of aryl methyl sites for hydroxylation is 2. The third-order valence-electron chi connectivity index (χ3n) is 3.74. The summed E-state index contributed by atoms with van der Waals surface area (Å²) in [6.45, 7) is 4.32. The summed E-state index contributed by atoms with van der Waals surface area (Å²) in [4.78, 5) is 0. The van der Waals surface area contributed by atoms with Gasteiger partial charge in [0.15, 0.2) is 0 Å². The summed E-state index contributed by atoms with van der Waals surface area (Å²) in [6, 6.07) is 12.6. The Bertz CT molecular complexity index is 625. The molecule has 1 nitrogen and oxygen atoms in total. The molecule has 0 bridgehead atoms. The average molecular weight is 368 g/mol. The zero-order chi connectivity index (χ0) is 15.4. The SMILES string of the molecule is CCc1ccc(CC)c(C(Cl)c2ccc(Br)cc2OC)c1. The lowest BCUT2D eigenvalue weighted by Gasteiger charge is -2.18. The minimum absolute atomic E-state index is 0.200. The van der Waals surface area contributed by atoms with E-state index in [0.717, 1.165) is 28.6 Å². The molecule has 0 aromatic heterocycles. The fourth-order valence-electron chi connectivity index (χ4n) is 2.48. The Labute approximate surface area is 140 Å². The van der Waals surface area contributed by atoms with Gasteiger partial charge in [-0.15, -0.1) is 11.6 Å². The predicted octanol–water partition coefficient (Wildman–Crippen LogP) is 5.91. The molecule has 0 fully saturated rings. The van der Waals surface area contributed by atoms with Gasteiger partial charge in [-0.3, -0.25) is 0 Å². The molecular formula is C18H20BrClO. The molecular weight excluding hydrogens is 348 g/mol. The topological polar surface area (TPSA) is 9.23 Å². The maximum atomic E-state index is 6.79. The lowest BCUT2D eigenvalue weighted by Crippen LogP contribution is -2.02. The molecule has 0 N–H and O–H groups in total. The standard InChI is InChI=1S/C18H20BrClO/c1-4-12-6-7-13(5-2)16(10-12)18(20)15-9-8-14(19)11-17(15)21-3/h6-11,18H,4-5H2,1-3H3. The Kier molecular flexibility index (Phi) is 5.72. The van der Waals surface area contributed by atoms with Crippen LogP contribution in [0.15, 0.2) is 40.9 Å². The molecule has 0 aliphatic heterocycles. The molecule has 0 spiro atoms. The smallest absolute Gasteiger partial charge is 0.125 e. The van der Waals surface area contributed by atoms with Crippen molar-refractivity contribution in [1.29, 1.82) is 0 Å². The van der Waals surface area contributed by atoms with Gasteiger partial charge in [-0.05, 0) is 41.7 Å². The second-order valence-electron chi connectivity index (χ2n) is 4.99. The maximum absolute atomic E-state index is 6.79. The van der Waals surface area contributed by atoms with Gasteiger partial charge >= 0.3 is 0 Å². The van der Waals surface area contributed by atoms with Crippen molar-refractivity contribution in [2.24, 2.45) is 0 Å². The number of methoxy groups -OCH3 is 1. The number of halogens is 2. The van der Waals surface area contributed by atoms with Crippen LogP contribution in [0.3, 0.4) is 0 Å². The first-order chi connectivity index (χ1) is 10.1. The van der Waals surface area contributed by atoms with E-state index in [4.69, 9.17) is 16.3 Å². The number of rotatable bonds is 5. The van der Waals surface area contributed by atoms with E-state index in [9.17, 15) is 0 Å². The Morgan fingerprint density at radius 3 is 2.43 bits per heavy atom. The summed E-state index contributed by atoms with van der Waals surface area (Å²) in [5.41, 5.74) is 4.78. The van der Waals surface area contributed by atoms with Gasteiger partial charge in [0.05, 0.1) is 12.5 Å². The third-order valence-corrected chi connectivity index (χ3v) is 4.70. The van der Waals surface area contributed by atoms with Gasteiger partial charge in [-0.2, -0.15) is 0 Å². The highest BCUT2D eigenvalue weighted by molar-refractivity contribution is 9.10. The monoisotopic (exact) mass is 366 g/mol. The highest BCUT2D eigenvalue weighted by Crippen LogP contribution is 2.38. The van der Waals surface area contributed by atoms with Gasteiger partial charge in [0.25, 0.3) is 0 Å². The van der Waals surface area contributed by atoms with Crippen LogP contribution >= 0.6 is 27.5 Å². The number of hydrogen-bond donors (Lipinski definition) is 0. The molecule has 0 saturated heterocycles. The Balaban J connectivity index is 2.50. The van der Waals surface area contributed by atoms with Gasteiger partial charge in [0.2, 0.25) is 0 Å². The molecule has 2 rings (SSSR count). The first kappa shape index (κ1) is 16.4. The van der Waals surface area contributed by atoms with Crippen LogP contribution in [0.25, 0.3) is 0 Å². The van der Waals surface area contributed by atoms with E-state index in [0.29, 0.717) is 0 Å². The average Bonchev–Trinajstić information content (AvgIpc) is 2.53. The first-order valence-electron chi connectivity index (χ1n) is 7.19. The number of hydrogen-bond acceptors (Lipinski definition) is 1. The minimum atomic E-state index is -0.200. The summed E-state index contributed by atoms with van der Waals surface area (Å²) in [6.07, 6.45) is 1.99. The number of ether oxygens (including phenoxy) is 1. The van der Waals surface area contributed by atoms with Crippen LogP contribution in [0.1, 0.15) is 41.5 Å². The molecule has 0 aliphatic carbocycles. The van der Waals surface area contributed by atoms with Gasteiger partial charge in [-0.25, -0.2) is 0 Å². The summed E-state index contributed by atoms with van der Waals surface area (Å²) in [5, 5.41) is -0.200. The number of benzene rings is 2. The molecule has 1 unspecified atom stereocenters.